The summed E-state index contributed by atoms with van der Waals surface area (Å²) in [4.78, 5) is 12.1. The predicted molar refractivity (Wildman–Crippen MR) is 82.8 cm³/mol. The highest BCUT2D eigenvalue weighted by atomic mass is 35.5. The van der Waals surface area contributed by atoms with Crippen LogP contribution in [-0.2, 0) is 6.42 Å². The van der Waals surface area contributed by atoms with Crippen molar-refractivity contribution in [1.82, 2.24) is 0 Å². The van der Waals surface area contributed by atoms with Crippen molar-refractivity contribution in [3.05, 3.63) is 64.2 Å². The maximum atomic E-state index is 12.1. The molecule has 1 amide bonds. The maximum absolute atomic E-state index is 12.1. The van der Waals surface area contributed by atoms with Crippen molar-refractivity contribution in [2.75, 3.05) is 5.32 Å². The summed E-state index contributed by atoms with van der Waals surface area (Å²) in [5.41, 5.74) is 3.35. The highest BCUT2D eigenvalue weighted by molar-refractivity contribution is 6.36. The number of amides is 1. The van der Waals surface area contributed by atoms with Gasteiger partial charge in [0, 0.05) is 5.56 Å². The van der Waals surface area contributed by atoms with Crippen molar-refractivity contribution in [3.8, 4) is 0 Å². The van der Waals surface area contributed by atoms with Gasteiger partial charge in [0.25, 0.3) is 5.91 Å². The fourth-order valence-electron chi connectivity index (χ4n) is 2.50. The monoisotopic (exact) mass is 305 g/mol. The number of carbonyl (C=O) groups excluding carboxylic acids is 1. The van der Waals surface area contributed by atoms with E-state index >= 15 is 0 Å². The smallest absolute Gasteiger partial charge is 0.255 e. The van der Waals surface area contributed by atoms with Crippen LogP contribution in [0.2, 0.25) is 5.02 Å². The third kappa shape index (κ3) is 2.41. The van der Waals surface area contributed by atoms with Crippen LogP contribution in [0.5, 0.6) is 0 Å². The maximum Gasteiger partial charge on any atom is 0.255 e. The van der Waals surface area contributed by atoms with Crippen LogP contribution in [0.3, 0.4) is 0 Å². The summed E-state index contributed by atoms with van der Waals surface area (Å²) in [6.07, 6.45) is 1.84. The second-order valence-corrected chi connectivity index (χ2v) is 5.73. The van der Waals surface area contributed by atoms with Crippen LogP contribution in [0.4, 0.5) is 5.69 Å². The second-order valence-electron chi connectivity index (χ2n) is 4.83. The molecule has 3 rings (SSSR count). The van der Waals surface area contributed by atoms with Crippen LogP contribution in [0.15, 0.2) is 42.5 Å². The summed E-state index contributed by atoms with van der Waals surface area (Å²) in [5.74, 6) is -0.170. The molecular formula is C16H13Cl2NO. The topological polar surface area (TPSA) is 29.1 Å². The van der Waals surface area contributed by atoms with Crippen LogP contribution in [0.1, 0.15) is 33.3 Å². The Hall–Kier alpha value is -1.51. The highest BCUT2D eigenvalue weighted by Gasteiger charge is 2.25. The molecule has 1 aliphatic carbocycles. The third-order valence-corrected chi connectivity index (χ3v) is 4.38. The molecule has 0 aliphatic heterocycles. The molecule has 0 fully saturated rings. The average molecular weight is 306 g/mol. The van der Waals surface area contributed by atoms with Crippen molar-refractivity contribution >= 4 is 34.8 Å². The van der Waals surface area contributed by atoms with E-state index in [0.717, 1.165) is 18.4 Å². The molecule has 1 unspecified atom stereocenters. The minimum Gasteiger partial charge on any atom is -0.321 e. The van der Waals surface area contributed by atoms with Crippen LogP contribution in [0, 0.1) is 0 Å². The molecule has 102 valence electrons. The van der Waals surface area contributed by atoms with E-state index in [9.17, 15) is 4.79 Å². The second kappa shape index (κ2) is 5.47. The molecule has 2 aromatic carbocycles. The Labute approximate surface area is 127 Å². The summed E-state index contributed by atoms with van der Waals surface area (Å²) in [5, 5.41) is 3.34. The Bertz CT molecular complexity index is 655. The Kier molecular flexibility index (Phi) is 3.68. The number of rotatable bonds is 2. The number of fused-ring (bicyclic) bond motifs is 1. The third-order valence-electron chi connectivity index (χ3n) is 3.53. The normalized spacial score (nSPS) is 16.8. The zero-order chi connectivity index (χ0) is 14.1. The molecule has 2 nitrogen and oxygen atoms in total. The van der Waals surface area contributed by atoms with Gasteiger partial charge in [-0.2, -0.15) is 0 Å². The van der Waals surface area contributed by atoms with Gasteiger partial charge in [0.2, 0.25) is 0 Å². The highest BCUT2D eigenvalue weighted by Crippen LogP contribution is 2.43. The van der Waals surface area contributed by atoms with E-state index in [1.807, 2.05) is 30.3 Å². The van der Waals surface area contributed by atoms with Gasteiger partial charge in [-0.25, -0.2) is 0 Å². The minimum atomic E-state index is -0.170. The standard InChI is InChI=1S/C16H13Cl2NO/c17-12-8-6-10-7-9-13(15(18)14(10)12)19-16(20)11-4-2-1-3-5-11/h1-5,7,9,12H,6,8H2,(H,19,20). The first-order valence-corrected chi connectivity index (χ1v) is 7.30. The lowest BCUT2D eigenvalue weighted by Crippen LogP contribution is -2.12. The molecule has 2 aromatic rings. The Morgan fingerprint density at radius 3 is 2.65 bits per heavy atom. The van der Waals surface area contributed by atoms with Gasteiger partial charge < -0.3 is 5.32 Å². The number of anilines is 1. The molecule has 1 N–H and O–H groups in total. The van der Waals surface area contributed by atoms with E-state index < -0.39 is 0 Å². The molecule has 0 aromatic heterocycles. The molecule has 4 heteroatoms. The van der Waals surface area contributed by atoms with Gasteiger partial charge in [-0.3, -0.25) is 4.79 Å². The number of carbonyl (C=O) groups is 1. The van der Waals surface area contributed by atoms with E-state index in [-0.39, 0.29) is 11.3 Å². The quantitative estimate of drug-likeness (QED) is 0.792. The summed E-state index contributed by atoms with van der Waals surface area (Å²) >= 11 is 12.7. The number of benzene rings is 2. The molecule has 0 spiro atoms. The molecule has 1 atom stereocenters. The molecule has 20 heavy (non-hydrogen) atoms. The minimum absolute atomic E-state index is 0.0638. The van der Waals surface area contributed by atoms with E-state index in [0.29, 0.717) is 16.3 Å². The number of aryl methyl sites for hydroxylation is 1. The first-order valence-electron chi connectivity index (χ1n) is 6.48. The van der Waals surface area contributed by atoms with Gasteiger partial charge in [-0.05, 0) is 42.2 Å². The van der Waals surface area contributed by atoms with Crippen LogP contribution < -0.4 is 5.32 Å². The number of alkyl halides is 1. The molecule has 0 radical (unpaired) electrons. The van der Waals surface area contributed by atoms with Crippen molar-refractivity contribution < 1.29 is 4.79 Å². The molecule has 0 saturated carbocycles. The molecule has 0 bridgehead atoms. The van der Waals surface area contributed by atoms with Gasteiger partial charge in [-0.1, -0.05) is 35.9 Å². The first kappa shape index (κ1) is 13.5. The Balaban J connectivity index is 1.89. The van der Waals surface area contributed by atoms with Crippen LogP contribution in [0.25, 0.3) is 0 Å². The number of halogens is 2. The fraction of sp³-hybridized carbons (Fsp3) is 0.188. The van der Waals surface area contributed by atoms with E-state index in [1.165, 1.54) is 5.56 Å². The lowest BCUT2D eigenvalue weighted by atomic mass is 10.1. The Morgan fingerprint density at radius 2 is 1.90 bits per heavy atom. The van der Waals surface area contributed by atoms with Gasteiger partial charge in [-0.15, -0.1) is 11.6 Å². The van der Waals surface area contributed by atoms with Gasteiger partial charge in [0.1, 0.15) is 0 Å². The molecule has 0 saturated heterocycles. The SMILES string of the molecule is O=C(Nc1ccc2c(c1Cl)C(Cl)CC2)c1ccccc1. The van der Waals surface area contributed by atoms with Crippen molar-refractivity contribution in [3.63, 3.8) is 0 Å². The van der Waals surface area contributed by atoms with Crippen molar-refractivity contribution in [2.24, 2.45) is 0 Å². The predicted octanol–water partition coefficient (Wildman–Crippen LogP) is 4.82. The van der Waals surface area contributed by atoms with Crippen LogP contribution >= 0.6 is 23.2 Å². The van der Waals surface area contributed by atoms with Crippen molar-refractivity contribution in [2.45, 2.75) is 18.2 Å². The number of nitrogens with one attached hydrogen (secondary N) is 1. The average Bonchev–Trinajstić information content (AvgIpc) is 2.85. The zero-order valence-corrected chi connectivity index (χ0v) is 12.2. The molecular weight excluding hydrogens is 293 g/mol. The van der Waals surface area contributed by atoms with Gasteiger partial charge in [0.15, 0.2) is 0 Å². The molecule has 1 aliphatic rings. The van der Waals surface area contributed by atoms with Crippen molar-refractivity contribution in [1.29, 1.82) is 0 Å². The number of hydrogen-bond donors (Lipinski definition) is 1. The van der Waals surface area contributed by atoms with E-state index in [1.54, 1.807) is 12.1 Å². The largest absolute Gasteiger partial charge is 0.321 e. The molecule has 0 heterocycles. The van der Waals surface area contributed by atoms with Crippen LogP contribution in [-0.4, -0.2) is 5.91 Å². The first-order chi connectivity index (χ1) is 9.66. The van der Waals surface area contributed by atoms with E-state index in [4.69, 9.17) is 23.2 Å². The number of hydrogen-bond acceptors (Lipinski definition) is 1. The van der Waals surface area contributed by atoms with Gasteiger partial charge >= 0.3 is 0 Å². The lowest BCUT2D eigenvalue weighted by Gasteiger charge is -2.12. The van der Waals surface area contributed by atoms with Gasteiger partial charge in [0.05, 0.1) is 16.1 Å². The van der Waals surface area contributed by atoms with E-state index in [2.05, 4.69) is 5.32 Å². The summed E-state index contributed by atoms with van der Waals surface area (Å²) in [6.45, 7) is 0. The summed E-state index contributed by atoms with van der Waals surface area (Å²) in [7, 11) is 0. The zero-order valence-electron chi connectivity index (χ0n) is 10.7. The summed E-state index contributed by atoms with van der Waals surface area (Å²) in [6, 6.07) is 12.9. The lowest BCUT2D eigenvalue weighted by molar-refractivity contribution is 0.102. The Morgan fingerprint density at radius 1 is 1.15 bits per heavy atom. The fourth-order valence-corrected chi connectivity index (χ4v) is 3.27. The summed E-state index contributed by atoms with van der Waals surface area (Å²) < 4.78 is 0.